The molecule has 0 saturated carbocycles. The number of carbonyl (C=O) groups excluding carboxylic acids is 2. The third kappa shape index (κ3) is 7.63. The van der Waals surface area contributed by atoms with Crippen LogP contribution in [0.5, 0.6) is 0 Å². The molecule has 1 amide bonds. The Morgan fingerprint density at radius 3 is 2.61 bits per heavy atom. The number of halogens is 2. The number of benzene rings is 1. The third-order valence-electron chi connectivity index (χ3n) is 5.25. The minimum atomic E-state index is -1.00. The summed E-state index contributed by atoms with van der Waals surface area (Å²) in [5, 5.41) is 2.56. The number of aromatic nitrogens is 2. The summed E-state index contributed by atoms with van der Waals surface area (Å²) in [6.07, 6.45) is 5.97. The fraction of sp³-hybridized carbons (Fsp3) is 0.542. The van der Waals surface area contributed by atoms with E-state index in [1.54, 1.807) is 27.0 Å². The number of aryl methyl sites for hydroxylation is 1. The highest BCUT2D eigenvalue weighted by molar-refractivity contribution is 5.87. The van der Waals surface area contributed by atoms with E-state index in [9.17, 15) is 18.4 Å². The van der Waals surface area contributed by atoms with Gasteiger partial charge in [-0.2, -0.15) is 0 Å². The number of amides is 1. The molecule has 1 aliphatic heterocycles. The van der Waals surface area contributed by atoms with Crippen molar-refractivity contribution in [1.82, 2.24) is 14.9 Å². The van der Waals surface area contributed by atoms with Crippen LogP contribution in [0.25, 0.3) is 0 Å². The Kier molecular flexibility index (Phi) is 8.18. The van der Waals surface area contributed by atoms with Gasteiger partial charge in [0.2, 0.25) is 0 Å². The van der Waals surface area contributed by atoms with Crippen LogP contribution < -0.4 is 5.32 Å². The van der Waals surface area contributed by atoms with Gasteiger partial charge in [-0.3, -0.25) is 4.79 Å². The standard InChI is InChI=1S/C24H31F2N3O4/c1-24(2,3)33-23(31)28-19(14-16-12-17(25)15-18(26)13-16)20(30)7-8-21-27-9-10-29(21)22-6-4-5-11-32-22/h9-10,12-13,15,19,22H,4-8,11,14H2,1-3H3,(H,28,31). The topological polar surface area (TPSA) is 82.5 Å². The molecule has 7 nitrogen and oxygen atoms in total. The second kappa shape index (κ2) is 10.9. The Morgan fingerprint density at radius 2 is 1.97 bits per heavy atom. The van der Waals surface area contributed by atoms with Gasteiger partial charge in [-0.25, -0.2) is 18.6 Å². The first kappa shape index (κ1) is 24.8. The zero-order valence-electron chi connectivity index (χ0n) is 19.3. The molecule has 0 radical (unpaired) electrons. The van der Waals surface area contributed by atoms with Crippen LogP contribution in [-0.4, -0.2) is 39.7 Å². The van der Waals surface area contributed by atoms with Crippen LogP contribution in [0.2, 0.25) is 0 Å². The number of imidazole rings is 1. The molecule has 3 rings (SSSR count). The molecule has 1 aromatic heterocycles. The van der Waals surface area contributed by atoms with E-state index >= 15 is 0 Å². The number of Topliss-reactive ketones (excluding diaryl/α,β-unsaturated/α-hetero) is 1. The van der Waals surface area contributed by atoms with E-state index < -0.39 is 29.4 Å². The maximum atomic E-state index is 13.7. The molecule has 2 heterocycles. The van der Waals surface area contributed by atoms with Crippen LogP contribution in [0, 0.1) is 11.6 Å². The number of nitrogens with zero attached hydrogens (tertiary/aromatic N) is 2. The first-order chi connectivity index (χ1) is 15.6. The first-order valence-corrected chi connectivity index (χ1v) is 11.2. The number of carbonyl (C=O) groups is 2. The first-order valence-electron chi connectivity index (χ1n) is 11.2. The summed E-state index contributed by atoms with van der Waals surface area (Å²) in [5.41, 5.74) is -0.494. The van der Waals surface area contributed by atoms with Crippen molar-refractivity contribution in [2.75, 3.05) is 6.61 Å². The zero-order chi connectivity index (χ0) is 24.0. The third-order valence-corrected chi connectivity index (χ3v) is 5.25. The number of rotatable bonds is 8. The van der Waals surface area contributed by atoms with Crippen molar-refractivity contribution < 1.29 is 27.8 Å². The lowest BCUT2D eigenvalue weighted by atomic mass is 9.99. The largest absolute Gasteiger partial charge is 0.444 e. The van der Waals surface area contributed by atoms with E-state index in [1.807, 2.05) is 10.8 Å². The second-order valence-corrected chi connectivity index (χ2v) is 9.22. The van der Waals surface area contributed by atoms with Crippen LogP contribution in [0.1, 0.15) is 64.1 Å². The maximum Gasteiger partial charge on any atom is 0.408 e. The van der Waals surface area contributed by atoms with Gasteiger partial charge in [0, 0.05) is 44.3 Å². The quantitative estimate of drug-likeness (QED) is 0.623. The molecule has 180 valence electrons. The predicted octanol–water partition coefficient (Wildman–Crippen LogP) is 4.50. The molecule has 2 aromatic rings. The van der Waals surface area contributed by atoms with E-state index in [0.717, 1.165) is 37.5 Å². The summed E-state index contributed by atoms with van der Waals surface area (Å²) in [7, 11) is 0. The van der Waals surface area contributed by atoms with Gasteiger partial charge in [0.1, 0.15) is 29.3 Å². The summed E-state index contributed by atoms with van der Waals surface area (Å²) < 4.78 is 40.3. The van der Waals surface area contributed by atoms with Gasteiger partial charge < -0.3 is 19.4 Å². The molecule has 1 fully saturated rings. The Labute approximate surface area is 192 Å². The number of nitrogens with one attached hydrogen (secondary N) is 1. The Balaban J connectivity index is 1.70. The van der Waals surface area contributed by atoms with E-state index in [-0.39, 0.29) is 30.4 Å². The number of ketones is 1. The molecule has 33 heavy (non-hydrogen) atoms. The Hall–Kier alpha value is -2.81. The van der Waals surface area contributed by atoms with Gasteiger partial charge in [0.15, 0.2) is 5.78 Å². The van der Waals surface area contributed by atoms with Crippen LogP contribution >= 0.6 is 0 Å². The van der Waals surface area contributed by atoms with Crippen LogP contribution in [0.3, 0.4) is 0 Å². The summed E-state index contributed by atoms with van der Waals surface area (Å²) >= 11 is 0. The number of hydrogen-bond acceptors (Lipinski definition) is 5. The van der Waals surface area contributed by atoms with Gasteiger partial charge in [-0.05, 0) is 57.7 Å². The average molecular weight is 464 g/mol. The molecule has 9 heteroatoms. The molecule has 0 aliphatic carbocycles. The van der Waals surface area contributed by atoms with Gasteiger partial charge in [0.05, 0.1) is 6.04 Å². The van der Waals surface area contributed by atoms with Gasteiger partial charge >= 0.3 is 6.09 Å². The average Bonchev–Trinajstić information content (AvgIpc) is 3.18. The molecule has 1 N–H and O–H groups in total. The second-order valence-electron chi connectivity index (χ2n) is 9.22. The van der Waals surface area contributed by atoms with E-state index in [1.165, 1.54) is 0 Å². The molecule has 1 aromatic carbocycles. The highest BCUT2D eigenvalue weighted by Crippen LogP contribution is 2.24. The Bertz CT molecular complexity index is 945. The molecule has 0 spiro atoms. The molecule has 2 unspecified atom stereocenters. The van der Waals surface area contributed by atoms with Crippen LogP contribution in [0.15, 0.2) is 30.6 Å². The minimum Gasteiger partial charge on any atom is -0.444 e. The van der Waals surface area contributed by atoms with Crippen molar-refractivity contribution in [2.45, 2.75) is 77.2 Å². The molecule has 1 saturated heterocycles. The van der Waals surface area contributed by atoms with Gasteiger partial charge in [-0.1, -0.05) is 0 Å². The highest BCUT2D eigenvalue weighted by Gasteiger charge is 2.26. The molecule has 0 bridgehead atoms. The van der Waals surface area contributed by atoms with E-state index in [0.29, 0.717) is 18.9 Å². The minimum absolute atomic E-state index is 0.0626. The van der Waals surface area contributed by atoms with Crippen LogP contribution in [0.4, 0.5) is 13.6 Å². The smallest absolute Gasteiger partial charge is 0.408 e. The number of alkyl carbamates (subject to hydrolysis) is 1. The summed E-state index contributed by atoms with van der Waals surface area (Å²) in [6, 6.07) is 2.05. The monoisotopic (exact) mass is 463 g/mol. The van der Waals surface area contributed by atoms with Crippen molar-refractivity contribution >= 4 is 11.9 Å². The van der Waals surface area contributed by atoms with Crippen LogP contribution in [-0.2, 0) is 27.1 Å². The van der Waals surface area contributed by atoms with Crippen molar-refractivity contribution in [3.05, 3.63) is 53.6 Å². The number of ether oxygens (including phenoxy) is 2. The summed E-state index contributed by atoms with van der Waals surface area (Å²) in [6.45, 7) is 5.81. The molecule has 1 aliphatic rings. The van der Waals surface area contributed by atoms with Crippen molar-refractivity contribution in [2.24, 2.45) is 0 Å². The van der Waals surface area contributed by atoms with E-state index in [4.69, 9.17) is 9.47 Å². The lowest BCUT2D eigenvalue weighted by Crippen LogP contribution is -2.45. The van der Waals surface area contributed by atoms with Gasteiger partial charge in [-0.15, -0.1) is 0 Å². The number of hydrogen-bond donors (Lipinski definition) is 1. The maximum absolute atomic E-state index is 13.7. The normalized spacial score (nSPS) is 17.4. The zero-order valence-corrected chi connectivity index (χ0v) is 19.3. The SMILES string of the molecule is CC(C)(C)OC(=O)NC(Cc1cc(F)cc(F)c1)C(=O)CCc1nccn1C1CCCCO1. The summed E-state index contributed by atoms with van der Waals surface area (Å²) in [4.78, 5) is 29.8. The fourth-order valence-corrected chi connectivity index (χ4v) is 3.81. The molecular weight excluding hydrogens is 432 g/mol. The Morgan fingerprint density at radius 1 is 1.24 bits per heavy atom. The molecular formula is C24H31F2N3O4. The fourth-order valence-electron chi connectivity index (χ4n) is 3.81. The van der Waals surface area contributed by atoms with E-state index in [2.05, 4.69) is 10.3 Å². The highest BCUT2D eigenvalue weighted by atomic mass is 19.1. The lowest BCUT2D eigenvalue weighted by molar-refractivity contribution is -0.121. The predicted molar refractivity (Wildman–Crippen MR) is 118 cm³/mol. The molecule has 2 atom stereocenters. The van der Waals surface area contributed by atoms with Crippen molar-refractivity contribution in [1.29, 1.82) is 0 Å². The summed E-state index contributed by atoms with van der Waals surface area (Å²) in [5.74, 6) is -1.07. The van der Waals surface area contributed by atoms with Crippen molar-refractivity contribution in [3.8, 4) is 0 Å². The lowest BCUT2D eigenvalue weighted by Gasteiger charge is -2.25. The van der Waals surface area contributed by atoms with Gasteiger partial charge in [0.25, 0.3) is 0 Å². The van der Waals surface area contributed by atoms with Crippen molar-refractivity contribution in [3.63, 3.8) is 0 Å².